The summed E-state index contributed by atoms with van der Waals surface area (Å²) in [5.74, 6) is 0.686. The van der Waals surface area contributed by atoms with E-state index in [-0.39, 0.29) is 12.5 Å². The van der Waals surface area contributed by atoms with Gasteiger partial charge in [0.2, 0.25) is 5.91 Å². The van der Waals surface area contributed by atoms with Crippen LogP contribution in [0, 0.1) is 0 Å². The maximum atomic E-state index is 12.1. The third-order valence-corrected chi connectivity index (χ3v) is 4.56. The minimum absolute atomic E-state index is 0.0984. The van der Waals surface area contributed by atoms with Gasteiger partial charge in [0.15, 0.2) is 0 Å². The lowest BCUT2D eigenvalue weighted by atomic mass is 10.2. The maximum Gasteiger partial charge on any atom is 0.238 e. The van der Waals surface area contributed by atoms with E-state index in [0.29, 0.717) is 18.2 Å². The van der Waals surface area contributed by atoms with Crippen LogP contribution in [0.1, 0.15) is 44.6 Å². The first-order valence-corrected chi connectivity index (χ1v) is 10.0. The Balaban J connectivity index is 1.70. The van der Waals surface area contributed by atoms with Crippen LogP contribution < -0.4 is 15.4 Å². The molecule has 2 N–H and O–H groups in total. The highest BCUT2D eigenvalue weighted by molar-refractivity contribution is 6.31. The number of carbonyl (C=O) groups excluding carboxylic acids is 1. The van der Waals surface area contributed by atoms with Crippen LogP contribution in [-0.2, 0) is 11.3 Å². The number of benzene rings is 2. The lowest BCUT2D eigenvalue weighted by Gasteiger charge is -2.10. The highest BCUT2D eigenvalue weighted by Crippen LogP contribution is 2.18. The van der Waals surface area contributed by atoms with Gasteiger partial charge in [0.25, 0.3) is 0 Å². The summed E-state index contributed by atoms with van der Waals surface area (Å²) < 4.78 is 5.78. The summed E-state index contributed by atoms with van der Waals surface area (Å²) in [6, 6.07) is 15.1. The molecule has 27 heavy (non-hydrogen) atoms. The Labute approximate surface area is 167 Å². The van der Waals surface area contributed by atoms with E-state index >= 15 is 0 Å². The van der Waals surface area contributed by atoms with E-state index in [1.165, 1.54) is 25.7 Å². The van der Waals surface area contributed by atoms with Crippen LogP contribution in [0.2, 0.25) is 5.02 Å². The molecule has 0 saturated heterocycles. The number of anilines is 1. The summed E-state index contributed by atoms with van der Waals surface area (Å²) in [7, 11) is 0. The standard InChI is InChI=1S/C22H29ClN2O2/c1-2-3-4-5-8-14-27-20-12-9-11-19(15-20)25-22(26)17-24-16-18-10-6-7-13-21(18)23/h6-7,9-13,15,24H,2-5,8,14,16-17H2,1H3,(H,25,26). The highest BCUT2D eigenvalue weighted by Gasteiger charge is 2.05. The summed E-state index contributed by atoms with van der Waals surface area (Å²) in [5, 5.41) is 6.69. The fraction of sp³-hybridized carbons (Fsp3) is 0.409. The van der Waals surface area contributed by atoms with Gasteiger partial charge >= 0.3 is 0 Å². The van der Waals surface area contributed by atoms with E-state index in [2.05, 4.69) is 17.6 Å². The van der Waals surface area contributed by atoms with Crippen LogP contribution >= 0.6 is 11.6 Å². The lowest BCUT2D eigenvalue weighted by molar-refractivity contribution is -0.115. The molecule has 1 amide bonds. The molecule has 0 aromatic heterocycles. The summed E-state index contributed by atoms with van der Waals surface area (Å²) in [6.07, 6.45) is 6.04. The summed E-state index contributed by atoms with van der Waals surface area (Å²) in [5.41, 5.74) is 1.71. The van der Waals surface area contributed by atoms with Gasteiger partial charge in [-0.2, -0.15) is 0 Å². The number of halogens is 1. The van der Waals surface area contributed by atoms with Gasteiger partial charge in [-0.1, -0.05) is 68.5 Å². The van der Waals surface area contributed by atoms with Crippen LogP contribution in [0.15, 0.2) is 48.5 Å². The molecule has 0 aliphatic carbocycles. The summed E-state index contributed by atoms with van der Waals surface area (Å²) in [6.45, 7) is 3.69. The predicted molar refractivity (Wildman–Crippen MR) is 112 cm³/mol. The molecule has 0 atom stereocenters. The van der Waals surface area contributed by atoms with Gasteiger partial charge in [-0.15, -0.1) is 0 Å². The number of ether oxygens (including phenoxy) is 1. The largest absolute Gasteiger partial charge is 0.494 e. The molecule has 2 aromatic carbocycles. The molecule has 2 rings (SSSR count). The Morgan fingerprint density at radius 3 is 2.67 bits per heavy atom. The van der Waals surface area contributed by atoms with E-state index < -0.39 is 0 Å². The molecule has 4 nitrogen and oxygen atoms in total. The van der Waals surface area contributed by atoms with E-state index in [1.807, 2.05) is 48.5 Å². The fourth-order valence-corrected chi connectivity index (χ4v) is 2.92. The Morgan fingerprint density at radius 1 is 1.04 bits per heavy atom. The molecular formula is C22H29ClN2O2. The van der Waals surface area contributed by atoms with Crippen LogP contribution in [0.25, 0.3) is 0 Å². The SMILES string of the molecule is CCCCCCCOc1cccc(NC(=O)CNCc2ccccc2Cl)c1. The van der Waals surface area contributed by atoms with Crippen molar-refractivity contribution in [2.75, 3.05) is 18.5 Å². The number of unbranched alkanes of at least 4 members (excludes halogenated alkanes) is 4. The molecule has 5 heteroatoms. The fourth-order valence-electron chi connectivity index (χ4n) is 2.72. The molecule has 146 valence electrons. The van der Waals surface area contributed by atoms with Crippen molar-refractivity contribution in [3.63, 3.8) is 0 Å². The van der Waals surface area contributed by atoms with Gasteiger partial charge in [0.05, 0.1) is 13.2 Å². The number of hydrogen-bond acceptors (Lipinski definition) is 3. The van der Waals surface area contributed by atoms with Crippen molar-refractivity contribution in [2.45, 2.75) is 45.6 Å². The number of rotatable bonds is 12. The second kappa shape index (κ2) is 12.4. The van der Waals surface area contributed by atoms with Crippen molar-refractivity contribution in [3.8, 4) is 5.75 Å². The first kappa shape index (κ1) is 21.3. The number of amides is 1. The van der Waals surface area contributed by atoms with Crippen molar-refractivity contribution in [1.82, 2.24) is 5.32 Å². The van der Waals surface area contributed by atoms with Crippen LogP contribution in [0.4, 0.5) is 5.69 Å². The number of carbonyl (C=O) groups is 1. The predicted octanol–water partition coefficient (Wildman–Crippen LogP) is 5.42. The first-order valence-electron chi connectivity index (χ1n) is 9.66. The number of hydrogen-bond donors (Lipinski definition) is 2. The van der Waals surface area contributed by atoms with E-state index in [1.54, 1.807) is 0 Å². The molecule has 0 fully saturated rings. The molecule has 0 saturated carbocycles. The van der Waals surface area contributed by atoms with Gasteiger partial charge in [-0.05, 0) is 30.2 Å². The van der Waals surface area contributed by atoms with Gasteiger partial charge in [0, 0.05) is 23.3 Å². The molecule has 0 aliphatic rings. The van der Waals surface area contributed by atoms with Crippen molar-refractivity contribution in [3.05, 3.63) is 59.1 Å². The smallest absolute Gasteiger partial charge is 0.238 e. The molecule has 0 unspecified atom stereocenters. The van der Waals surface area contributed by atoms with Crippen LogP contribution in [0.5, 0.6) is 5.75 Å². The molecule has 2 aromatic rings. The van der Waals surface area contributed by atoms with Crippen LogP contribution in [0.3, 0.4) is 0 Å². The van der Waals surface area contributed by atoms with Gasteiger partial charge in [-0.3, -0.25) is 4.79 Å². The van der Waals surface area contributed by atoms with Crippen molar-refractivity contribution in [2.24, 2.45) is 0 Å². The molecule has 0 spiro atoms. The van der Waals surface area contributed by atoms with E-state index in [0.717, 1.165) is 23.4 Å². The summed E-state index contributed by atoms with van der Waals surface area (Å²) >= 11 is 6.11. The first-order chi connectivity index (χ1) is 13.2. The second-order valence-electron chi connectivity index (χ2n) is 6.53. The van der Waals surface area contributed by atoms with Crippen molar-refractivity contribution < 1.29 is 9.53 Å². The molecule has 0 heterocycles. The van der Waals surface area contributed by atoms with Gasteiger partial charge in [-0.25, -0.2) is 0 Å². The Kier molecular flexibility index (Phi) is 9.74. The quantitative estimate of drug-likeness (QED) is 0.477. The molecule has 0 bridgehead atoms. The average Bonchev–Trinajstić information content (AvgIpc) is 2.66. The Morgan fingerprint density at radius 2 is 1.85 bits per heavy atom. The zero-order valence-electron chi connectivity index (χ0n) is 16.0. The Bertz CT molecular complexity index is 706. The average molecular weight is 389 g/mol. The summed E-state index contributed by atoms with van der Waals surface area (Å²) in [4.78, 5) is 12.1. The van der Waals surface area contributed by atoms with E-state index in [4.69, 9.17) is 16.3 Å². The third kappa shape index (κ3) is 8.46. The molecule has 0 radical (unpaired) electrons. The lowest BCUT2D eigenvalue weighted by Crippen LogP contribution is -2.27. The van der Waals surface area contributed by atoms with Crippen molar-refractivity contribution in [1.29, 1.82) is 0 Å². The zero-order valence-corrected chi connectivity index (χ0v) is 16.7. The monoisotopic (exact) mass is 388 g/mol. The molecular weight excluding hydrogens is 360 g/mol. The highest BCUT2D eigenvalue weighted by atomic mass is 35.5. The van der Waals surface area contributed by atoms with Gasteiger partial charge in [0.1, 0.15) is 5.75 Å². The zero-order chi connectivity index (χ0) is 19.3. The molecule has 0 aliphatic heterocycles. The minimum atomic E-state index is -0.0984. The maximum absolute atomic E-state index is 12.1. The minimum Gasteiger partial charge on any atom is -0.494 e. The second-order valence-corrected chi connectivity index (χ2v) is 6.94. The Hall–Kier alpha value is -2.04. The van der Waals surface area contributed by atoms with Crippen LogP contribution in [-0.4, -0.2) is 19.1 Å². The van der Waals surface area contributed by atoms with Crippen molar-refractivity contribution >= 4 is 23.2 Å². The topological polar surface area (TPSA) is 50.4 Å². The van der Waals surface area contributed by atoms with E-state index in [9.17, 15) is 4.79 Å². The third-order valence-electron chi connectivity index (χ3n) is 4.19. The van der Waals surface area contributed by atoms with Gasteiger partial charge < -0.3 is 15.4 Å². The normalized spacial score (nSPS) is 10.6. The number of nitrogens with one attached hydrogen (secondary N) is 2.